The van der Waals surface area contributed by atoms with Crippen LogP contribution in [0.25, 0.3) is 5.76 Å². The molecule has 1 fully saturated rings. The summed E-state index contributed by atoms with van der Waals surface area (Å²) < 4.78 is 24.4. The Balaban J connectivity index is 1.90. The van der Waals surface area contributed by atoms with Crippen molar-refractivity contribution in [1.29, 1.82) is 0 Å². The van der Waals surface area contributed by atoms with Crippen LogP contribution in [-0.4, -0.2) is 33.8 Å². The van der Waals surface area contributed by atoms with Gasteiger partial charge in [-0.1, -0.05) is 6.07 Å². The highest BCUT2D eigenvalue weighted by molar-refractivity contribution is 6.46. The lowest BCUT2D eigenvalue weighted by Gasteiger charge is -2.24. The lowest BCUT2D eigenvalue weighted by Crippen LogP contribution is -2.29. The molecule has 1 amide bonds. The second-order valence-electron chi connectivity index (χ2n) is 6.64. The number of halogens is 1. The van der Waals surface area contributed by atoms with Crippen LogP contribution in [0.3, 0.4) is 0 Å². The summed E-state index contributed by atoms with van der Waals surface area (Å²) in [4.78, 5) is 31.1. The van der Waals surface area contributed by atoms with E-state index in [2.05, 4.69) is 4.98 Å². The number of nitrogens with zero attached hydrogens (tertiary/aromatic N) is 2. The second kappa shape index (κ2) is 7.82. The Labute approximate surface area is 171 Å². The normalized spacial score (nSPS) is 18.1. The number of pyridine rings is 1. The first-order chi connectivity index (χ1) is 14.5. The van der Waals surface area contributed by atoms with Crippen LogP contribution in [0.15, 0.2) is 71.1 Å². The summed E-state index contributed by atoms with van der Waals surface area (Å²) >= 11 is 0. The van der Waals surface area contributed by atoms with E-state index < -0.39 is 29.3 Å². The summed E-state index contributed by atoms with van der Waals surface area (Å²) in [6, 6.07) is 9.31. The van der Waals surface area contributed by atoms with Crippen molar-refractivity contribution in [1.82, 2.24) is 9.88 Å². The van der Waals surface area contributed by atoms with Gasteiger partial charge in [0.1, 0.15) is 23.1 Å². The third-order valence-corrected chi connectivity index (χ3v) is 4.86. The summed E-state index contributed by atoms with van der Waals surface area (Å²) in [5.74, 6) is -2.22. The number of hydrogen-bond donors (Lipinski definition) is 1. The molecule has 1 saturated heterocycles. The fraction of sp³-hybridized carbons (Fsp3) is 0.136. The van der Waals surface area contributed by atoms with Crippen molar-refractivity contribution in [2.45, 2.75) is 12.6 Å². The molecule has 30 heavy (non-hydrogen) atoms. The lowest BCUT2D eigenvalue weighted by molar-refractivity contribution is -0.140. The Morgan fingerprint density at radius 1 is 1.27 bits per heavy atom. The van der Waals surface area contributed by atoms with Crippen molar-refractivity contribution in [3.05, 3.63) is 89.4 Å². The van der Waals surface area contributed by atoms with E-state index in [4.69, 9.17) is 9.15 Å². The van der Waals surface area contributed by atoms with Gasteiger partial charge in [-0.2, -0.15) is 0 Å². The van der Waals surface area contributed by atoms with Crippen LogP contribution in [-0.2, 0) is 16.1 Å². The number of aliphatic hydroxyl groups excluding tert-OH is 1. The van der Waals surface area contributed by atoms with Gasteiger partial charge in [-0.25, -0.2) is 4.39 Å². The molecule has 7 nitrogen and oxygen atoms in total. The summed E-state index contributed by atoms with van der Waals surface area (Å²) in [5.41, 5.74) is 0.311. The number of amides is 1. The molecule has 3 heterocycles. The van der Waals surface area contributed by atoms with Gasteiger partial charge >= 0.3 is 0 Å². The Bertz CT molecular complexity index is 1130. The van der Waals surface area contributed by atoms with E-state index in [1.807, 2.05) is 0 Å². The van der Waals surface area contributed by atoms with E-state index in [0.717, 1.165) is 6.07 Å². The van der Waals surface area contributed by atoms with Gasteiger partial charge in [-0.3, -0.25) is 14.6 Å². The number of aliphatic hydroxyl groups is 1. The standard InChI is InChI=1S/C22H17FN2O5/c1-29-17-7-6-14(23)10-16(17)20(26)18-19(13-4-2-8-24-11-13)25(22(28)21(18)27)12-15-5-3-9-30-15/h2-11,19,26H,12H2,1H3/b20-18+. The number of methoxy groups -OCH3 is 1. The number of likely N-dealkylation sites (tertiary alicyclic amines) is 1. The van der Waals surface area contributed by atoms with Gasteiger partial charge in [0.15, 0.2) is 0 Å². The molecule has 0 aliphatic carbocycles. The van der Waals surface area contributed by atoms with Gasteiger partial charge < -0.3 is 19.2 Å². The smallest absolute Gasteiger partial charge is 0.296 e. The molecule has 0 radical (unpaired) electrons. The van der Waals surface area contributed by atoms with Crippen LogP contribution >= 0.6 is 0 Å². The van der Waals surface area contributed by atoms with Crippen molar-refractivity contribution < 1.29 is 28.2 Å². The highest BCUT2D eigenvalue weighted by atomic mass is 19.1. The predicted molar refractivity (Wildman–Crippen MR) is 104 cm³/mol. The van der Waals surface area contributed by atoms with Crippen LogP contribution in [0.4, 0.5) is 4.39 Å². The number of benzene rings is 1. The fourth-order valence-electron chi connectivity index (χ4n) is 3.51. The van der Waals surface area contributed by atoms with Crippen LogP contribution in [0, 0.1) is 5.82 Å². The first kappa shape index (κ1) is 19.4. The van der Waals surface area contributed by atoms with Gasteiger partial charge in [0, 0.05) is 12.4 Å². The Morgan fingerprint density at radius 2 is 2.10 bits per heavy atom. The summed E-state index contributed by atoms with van der Waals surface area (Å²) in [7, 11) is 1.36. The number of carbonyl (C=O) groups excluding carboxylic acids is 2. The minimum Gasteiger partial charge on any atom is -0.507 e. The maximum Gasteiger partial charge on any atom is 0.296 e. The number of aromatic nitrogens is 1. The van der Waals surface area contributed by atoms with Gasteiger partial charge in [0.2, 0.25) is 0 Å². The maximum atomic E-state index is 13.9. The summed E-state index contributed by atoms with van der Waals surface area (Å²) in [6.07, 6.45) is 4.52. The van der Waals surface area contributed by atoms with E-state index >= 15 is 0 Å². The van der Waals surface area contributed by atoms with Crippen LogP contribution < -0.4 is 4.74 Å². The zero-order valence-corrected chi connectivity index (χ0v) is 15.9. The van der Waals surface area contributed by atoms with Gasteiger partial charge in [0.25, 0.3) is 11.7 Å². The highest BCUT2D eigenvalue weighted by Gasteiger charge is 2.46. The molecule has 4 rings (SSSR count). The number of Topliss-reactive ketones (excluding diaryl/α,β-unsaturated/α-hetero) is 1. The van der Waals surface area contributed by atoms with Crippen LogP contribution in [0.2, 0.25) is 0 Å². The highest BCUT2D eigenvalue weighted by Crippen LogP contribution is 2.41. The van der Waals surface area contributed by atoms with E-state index in [-0.39, 0.29) is 23.4 Å². The zero-order chi connectivity index (χ0) is 21.3. The molecule has 0 bridgehead atoms. The largest absolute Gasteiger partial charge is 0.507 e. The minimum absolute atomic E-state index is 0.00813. The topological polar surface area (TPSA) is 92.9 Å². The lowest BCUT2D eigenvalue weighted by atomic mass is 9.96. The number of hydrogen-bond acceptors (Lipinski definition) is 6. The van der Waals surface area contributed by atoms with Gasteiger partial charge in [0.05, 0.1) is 37.1 Å². The molecule has 1 aliphatic heterocycles. The first-order valence-corrected chi connectivity index (χ1v) is 9.06. The van der Waals surface area contributed by atoms with Crippen molar-refractivity contribution in [3.63, 3.8) is 0 Å². The molecule has 0 spiro atoms. The molecular formula is C22H17FN2O5. The average molecular weight is 408 g/mol. The average Bonchev–Trinajstić information content (AvgIpc) is 3.36. The van der Waals surface area contributed by atoms with Crippen molar-refractivity contribution >= 4 is 17.4 Å². The number of ether oxygens (including phenoxy) is 1. The van der Waals surface area contributed by atoms with Crippen molar-refractivity contribution in [3.8, 4) is 5.75 Å². The van der Waals surface area contributed by atoms with E-state index in [1.165, 1.54) is 36.6 Å². The fourth-order valence-corrected chi connectivity index (χ4v) is 3.51. The number of rotatable bonds is 5. The van der Waals surface area contributed by atoms with Crippen LogP contribution in [0.5, 0.6) is 5.75 Å². The Kier molecular flexibility index (Phi) is 5.05. The molecule has 1 N–H and O–H groups in total. The molecule has 0 saturated carbocycles. The number of furan rings is 1. The van der Waals surface area contributed by atoms with E-state index in [1.54, 1.807) is 30.5 Å². The van der Waals surface area contributed by atoms with Crippen molar-refractivity contribution in [2.75, 3.05) is 7.11 Å². The molecule has 1 aromatic carbocycles. The molecule has 1 unspecified atom stereocenters. The second-order valence-corrected chi connectivity index (χ2v) is 6.64. The predicted octanol–water partition coefficient (Wildman–Crippen LogP) is 3.44. The molecule has 1 aliphatic rings. The number of ketones is 1. The zero-order valence-electron chi connectivity index (χ0n) is 15.9. The summed E-state index contributed by atoms with van der Waals surface area (Å²) in [5, 5.41) is 11.0. The third-order valence-electron chi connectivity index (χ3n) is 4.86. The maximum absolute atomic E-state index is 13.9. The Morgan fingerprint density at radius 3 is 2.77 bits per heavy atom. The molecule has 8 heteroatoms. The first-order valence-electron chi connectivity index (χ1n) is 9.06. The van der Waals surface area contributed by atoms with E-state index in [0.29, 0.717) is 11.3 Å². The minimum atomic E-state index is -0.934. The number of carbonyl (C=O) groups is 2. The van der Waals surface area contributed by atoms with Gasteiger partial charge in [-0.15, -0.1) is 0 Å². The van der Waals surface area contributed by atoms with Crippen LogP contribution in [0.1, 0.15) is 22.9 Å². The Hall–Kier alpha value is -3.94. The van der Waals surface area contributed by atoms with Crippen molar-refractivity contribution in [2.24, 2.45) is 0 Å². The molecule has 2 aromatic heterocycles. The quantitative estimate of drug-likeness (QED) is 0.395. The molecular weight excluding hydrogens is 391 g/mol. The van der Waals surface area contributed by atoms with Gasteiger partial charge in [-0.05, 0) is 42.0 Å². The van der Waals surface area contributed by atoms with E-state index in [9.17, 15) is 19.1 Å². The molecule has 152 valence electrons. The molecule has 3 aromatic rings. The monoisotopic (exact) mass is 408 g/mol. The third kappa shape index (κ3) is 3.32. The SMILES string of the molecule is COc1ccc(F)cc1/C(O)=C1\C(=O)C(=O)N(Cc2ccco2)C1c1cccnc1. The molecule has 1 atom stereocenters. The summed E-state index contributed by atoms with van der Waals surface area (Å²) in [6.45, 7) is 0.00813.